The van der Waals surface area contributed by atoms with E-state index in [1.54, 1.807) is 0 Å². The van der Waals surface area contributed by atoms with Gasteiger partial charge in [0.05, 0.1) is 5.69 Å². The first-order valence-electron chi connectivity index (χ1n) is 6.93. The number of carboxylic acid groups (broad SMARTS) is 1. The Labute approximate surface area is 132 Å². The SMILES string of the molecule is Cc1ccc(-c2nc(-c3cccc(C)c3)sc2C(=O)O)cc1. The molecule has 110 valence electrons. The summed E-state index contributed by atoms with van der Waals surface area (Å²) in [5.41, 5.74) is 4.58. The second-order valence-corrected chi connectivity index (χ2v) is 6.24. The standard InChI is InChI=1S/C18H15NO2S/c1-11-6-8-13(9-7-11)15-16(18(20)21)22-17(19-15)14-5-3-4-12(2)10-14/h3-10H,1-2H3,(H,20,21). The van der Waals surface area contributed by atoms with Crippen LogP contribution in [0.15, 0.2) is 48.5 Å². The lowest BCUT2D eigenvalue weighted by atomic mass is 10.1. The minimum Gasteiger partial charge on any atom is -0.477 e. The fourth-order valence-electron chi connectivity index (χ4n) is 2.27. The number of aryl methyl sites for hydroxylation is 2. The number of aromatic nitrogens is 1. The zero-order chi connectivity index (χ0) is 15.7. The van der Waals surface area contributed by atoms with E-state index in [0.717, 1.165) is 27.3 Å². The molecule has 1 N–H and O–H groups in total. The summed E-state index contributed by atoms with van der Waals surface area (Å²) in [6.07, 6.45) is 0. The molecule has 0 bridgehead atoms. The molecule has 4 heteroatoms. The van der Waals surface area contributed by atoms with Gasteiger partial charge in [-0.2, -0.15) is 0 Å². The second-order valence-electron chi connectivity index (χ2n) is 5.24. The minimum absolute atomic E-state index is 0.278. The van der Waals surface area contributed by atoms with Gasteiger partial charge in [-0.25, -0.2) is 9.78 Å². The van der Waals surface area contributed by atoms with Crippen LogP contribution in [-0.4, -0.2) is 16.1 Å². The molecule has 0 atom stereocenters. The molecule has 3 rings (SSSR count). The van der Waals surface area contributed by atoms with Gasteiger partial charge < -0.3 is 5.11 Å². The molecule has 3 aromatic rings. The maximum atomic E-state index is 11.5. The fourth-order valence-corrected chi connectivity index (χ4v) is 3.20. The molecule has 0 aliphatic heterocycles. The summed E-state index contributed by atoms with van der Waals surface area (Å²) < 4.78 is 0. The third-order valence-electron chi connectivity index (χ3n) is 3.41. The van der Waals surface area contributed by atoms with E-state index in [4.69, 9.17) is 0 Å². The van der Waals surface area contributed by atoms with Crippen molar-refractivity contribution in [3.8, 4) is 21.8 Å². The third-order valence-corrected chi connectivity index (χ3v) is 4.50. The zero-order valence-corrected chi connectivity index (χ0v) is 13.1. The predicted octanol–water partition coefficient (Wildman–Crippen LogP) is 4.79. The lowest BCUT2D eigenvalue weighted by molar-refractivity contribution is 0.0702. The molecule has 0 aliphatic rings. The minimum atomic E-state index is -0.938. The second kappa shape index (κ2) is 5.73. The van der Waals surface area contributed by atoms with Gasteiger partial charge >= 0.3 is 5.97 Å². The van der Waals surface area contributed by atoms with Crippen LogP contribution in [0.4, 0.5) is 0 Å². The number of hydrogen-bond acceptors (Lipinski definition) is 3. The van der Waals surface area contributed by atoms with Crippen molar-refractivity contribution in [2.75, 3.05) is 0 Å². The van der Waals surface area contributed by atoms with Crippen LogP contribution in [0.3, 0.4) is 0 Å². The zero-order valence-electron chi connectivity index (χ0n) is 12.3. The van der Waals surface area contributed by atoms with Crippen molar-refractivity contribution >= 4 is 17.3 Å². The van der Waals surface area contributed by atoms with Crippen molar-refractivity contribution in [1.82, 2.24) is 4.98 Å². The van der Waals surface area contributed by atoms with Gasteiger partial charge in [-0.1, -0.05) is 53.6 Å². The van der Waals surface area contributed by atoms with Gasteiger partial charge in [0.1, 0.15) is 9.88 Å². The third kappa shape index (κ3) is 2.78. The number of rotatable bonds is 3. The molecule has 0 spiro atoms. The van der Waals surface area contributed by atoms with Crippen LogP contribution in [0, 0.1) is 13.8 Å². The molecule has 2 aromatic carbocycles. The summed E-state index contributed by atoms with van der Waals surface area (Å²) >= 11 is 1.22. The van der Waals surface area contributed by atoms with Crippen molar-refractivity contribution in [3.05, 3.63) is 64.5 Å². The van der Waals surface area contributed by atoms with Crippen LogP contribution >= 0.6 is 11.3 Å². The average Bonchev–Trinajstić information content (AvgIpc) is 2.93. The predicted molar refractivity (Wildman–Crippen MR) is 89.4 cm³/mol. The highest BCUT2D eigenvalue weighted by Gasteiger charge is 2.19. The van der Waals surface area contributed by atoms with Crippen molar-refractivity contribution in [2.24, 2.45) is 0 Å². The Morgan fingerprint density at radius 3 is 2.36 bits per heavy atom. The van der Waals surface area contributed by atoms with Gasteiger partial charge in [0.15, 0.2) is 0 Å². The van der Waals surface area contributed by atoms with Gasteiger partial charge in [0.25, 0.3) is 0 Å². The monoisotopic (exact) mass is 309 g/mol. The lowest BCUT2D eigenvalue weighted by Crippen LogP contribution is -1.95. The van der Waals surface area contributed by atoms with E-state index in [1.165, 1.54) is 11.3 Å². The molecule has 1 heterocycles. The molecule has 1 aromatic heterocycles. The van der Waals surface area contributed by atoms with Crippen LogP contribution in [0.2, 0.25) is 0 Å². The first-order valence-corrected chi connectivity index (χ1v) is 7.74. The van der Waals surface area contributed by atoms with Crippen LogP contribution in [0.5, 0.6) is 0 Å². The van der Waals surface area contributed by atoms with Gasteiger partial charge in [-0.3, -0.25) is 0 Å². The smallest absolute Gasteiger partial charge is 0.348 e. The first kappa shape index (κ1) is 14.5. The summed E-state index contributed by atoms with van der Waals surface area (Å²) in [6.45, 7) is 4.01. The van der Waals surface area contributed by atoms with E-state index >= 15 is 0 Å². The van der Waals surface area contributed by atoms with Crippen molar-refractivity contribution in [1.29, 1.82) is 0 Å². The van der Waals surface area contributed by atoms with Crippen LogP contribution in [0.25, 0.3) is 21.8 Å². The molecule has 3 nitrogen and oxygen atoms in total. The maximum Gasteiger partial charge on any atom is 0.348 e. The number of aromatic carboxylic acids is 1. The Morgan fingerprint density at radius 2 is 1.73 bits per heavy atom. The number of carbonyl (C=O) groups is 1. The van der Waals surface area contributed by atoms with E-state index in [9.17, 15) is 9.90 Å². The van der Waals surface area contributed by atoms with Crippen molar-refractivity contribution < 1.29 is 9.90 Å². The molecule has 22 heavy (non-hydrogen) atoms. The van der Waals surface area contributed by atoms with E-state index in [0.29, 0.717) is 5.69 Å². The van der Waals surface area contributed by atoms with Crippen LogP contribution in [0.1, 0.15) is 20.8 Å². The van der Waals surface area contributed by atoms with Crippen LogP contribution in [-0.2, 0) is 0 Å². The number of benzene rings is 2. The molecule has 0 radical (unpaired) electrons. The van der Waals surface area contributed by atoms with E-state index in [1.807, 2.05) is 62.4 Å². The summed E-state index contributed by atoms with van der Waals surface area (Å²) in [5, 5.41) is 10.2. The number of nitrogens with zero attached hydrogens (tertiary/aromatic N) is 1. The van der Waals surface area contributed by atoms with E-state index < -0.39 is 5.97 Å². The van der Waals surface area contributed by atoms with E-state index in [-0.39, 0.29) is 4.88 Å². The highest BCUT2D eigenvalue weighted by atomic mass is 32.1. The maximum absolute atomic E-state index is 11.5. The highest BCUT2D eigenvalue weighted by Crippen LogP contribution is 2.34. The number of thiazole rings is 1. The fraction of sp³-hybridized carbons (Fsp3) is 0.111. The Morgan fingerprint density at radius 1 is 1.00 bits per heavy atom. The molecule has 0 unspecified atom stereocenters. The molecule has 0 saturated heterocycles. The Balaban J connectivity index is 2.14. The van der Waals surface area contributed by atoms with Crippen molar-refractivity contribution in [2.45, 2.75) is 13.8 Å². The van der Waals surface area contributed by atoms with Gasteiger partial charge in [0, 0.05) is 11.1 Å². The molecule has 0 fully saturated rings. The number of hydrogen-bond donors (Lipinski definition) is 1. The topological polar surface area (TPSA) is 50.2 Å². The summed E-state index contributed by atoms with van der Waals surface area (Å²) in [5.74, 6) is -0.938. The lowest BCUT2D eigenvalue weighted by Gasteiger charge is -2.00. The normalized spacial score (nSPS) is 10.6. The van der Waals surface area contributed by atoms with E-state index in [2.05, 4.69) is 4.98 Å². The average molecular weight is 309 g/mol. The van der Waals surface area contributed by atoms with Crippen molar-refractivity contribution in [3.63, 3.8) is 0 Å². The number of carboxylic acids is 1. The summed E-state index contributed by atoms with van der Waals surface area (Å²) in [4.78, 5) is 16.4. The van der Waals surface area contributed by atoms with Gasteiger partial charge in [-0.15, -0.1) is 11.3 Å². The van der Waals surface area contributed by atoms with Crippen LogP contribution < -0.4 is 0 Å². The molecule has 0 aliphatic carbocycles. The van der Waals surface area contributed by atoms with Gasteiger partial charge in [-0.05, 0) is 19.9 Å². The Hall–Kier alpha value is -2.46. The quantitative estimate of drug-likeness (QED) is 0.756. The Bertz CT molecular complexity index is 835. The highest BCUT2D eigenvalue weighted by molar-refractivity contribution is 7.17. The summed E-state index contributed by atoms with van der Waals surface area (Å²) in [6, 6.07) is 15.7. The molecule has 0 amide bonds. The summed E-state index contributed by atoms with van der Waals surface area (Å²) in [7, 11) is 0. The molecule has 0 saturated carbocycles. The van der Waals surface area contributed by atoms with Gasteiger partial charge in [0.2, 0.25) is 0 Å². The largest absolute Gasteiger partial charge is 0.477 e. The molecular weight excluding hydrogens is 294 g/mol. The molecular formula is C18H15NO2S. The first-order chi connectivity index (χ1) is 10.5. The Kier molecular flexibility index (Phi) is 3.77.